The SMILES string of the molecule is CCOC(=O)c1nc(C)cc2nn(Cc3cnc(OCC(F)(F)F)c(C)c3)cc12. The highest BCUT2D eigenvalue weighted by Crippen LogP contribution is 2.22. The number of pyridine rings is 2. The van der Waals surface area contributed by atoms with E-state index in [1.165, 1.54) is 6.20 Å². The molecule has 0 aliphatic carbocycles. The lowest BCUT2D eigenvalue weighted by atomic mass is 10.2. The first-order chi connectivity index (χ1) is 13.7. The maximum atomic E-state index is 12.3. The number of nitrogens with zero attached hydrogens (tertiary/aromatic N) is 4. The third kappa shape index (κ3) is 5.01. The number of carbonyl (C=O) groups excluding carboxylic acids is 1. The highest BCUT2D eigenvalue weighted by atomic mass is 19.4. The molecule has 0 saturated heterocycles. The summed E-state index contributed by atoms with van der Waals surface area (Å²) in [5.74, 6) is -0.592. The van der Waals surface area contributed by atoms with Crippen molar-refractivity contribution in [3.8, 4) is 5.88 Å². The molecule has 0 saturated carbocycles. The van der Waals surface area contributed by atoms with E-state index < -0.39 is 18.8 Å². The number of aromatic nitrogens is 4. The molecule has 0 spiro atoms. The Labute approximate surface area is 164 Å². The van der Waals surface area contributed by atoms with Gasteiger partial charge in [0.05, 0.1) is 24.1 Å². The van der Waals surface area contributed by atoms with Gasteiger partial charge in [-0.3, -0.25) is 4.68 Å². The molecular formula is C19H19F3N4O3. The van der Waals surface area contributed by atoms with Crippen molar-refractivity contribution in [1.29, 1.82) is 0 Å². The summed E-state index contributed by atoms with van der Waals surface area (Å²) in [6.07, 6.45) is -1.32. The zero-order valence-corrected chi connectivity index (χ0v) is 16.1. The second-order valence-electron chi connectivity index (χ2n) is 6.46. The van der Waals surface area contributed by atoms with Gasteiger partial charge in [-0.15, -0.1) is 0 Å². The summed E-state index contributed by atoms with van der Waals surface area (Å²) in [7, 11) is 0. The van der Waals surface area contributed by atoms with Crippen LogP contribution in [0, 0.1) is 13.8 Å². The minimum atomic E-state index is -4.43. The molecule has 3 rings (SSSR count). The Morgan fingerprint density at radius 3 is 2.66 bits per heavy atom. The molecule has 29 heavy (non-hydrogen) atoms. The molecule has 10 heteroatoms. The van der Waals surface area contributed by atoms with Crippen molar-refractivity contribution in [2.45, 2.75) is 33.5 Å². The molecule has 0 amide bonds. The summed E-state index contributed by atoms with van der Waals surface area (Å²) in [5, 5.41) is 5.01. The van der Waals surface area contributed by atoms with Crippen LogP contribution in [-0.2, 0) is 11.3 Å². The number of alkyl halides is 3. The number of aryl methyl sites for hydroxylation is 2. The van der Waals surface area contributed by atoms with Crippen LogP contribution in [-0.4, -0.2) is 45.1 Å². The predicted octanol–water partition coefficient (Wildman–Crippen LogP) is 3.61. The molecule has 0 aliphatic rings. The minimum absolute atomic E-state index is 0.0684. The summed E-state index contributed by atoms with van der Waals surface area (Å²) in [6.45, 7) is 4.24. The summed E-state index contributed by atoms with van der Waals surface area (Å²) in [4.78, 5) is 20.4. The van der Waals surface area contributed by atoms with Gasteiger partial charge in [0.2, 0.25) is 5.88 Å². The van der Waals surface area contributed by atoms with Gasteiger partial charge in [-0.1, -0.05) is 0 Å². The summed E-state index contributed by atoms with van der Waals surface area (Å²) in [6, 6.07) is 3.44. The Hall–Kier alpha value is -3.17. The van der Waals surface area contributed by atoms with Crippen LogP contribution in [0.25, 0.3) is 10.9 Å². The van der Waals surface area contributed by atoms with Crippen molar-refractivity contribution in [2.75, 3.05) is 13.2 Å². The van der Waals surface area contributed by atoms with Gasteiger partial charge in [-0.2, -0.15) is 18.3 Å². The summed E-state index contributed by atoms with van der Waals surface area (Å²) < 4.78 is 48.3. The van der Waals surface area contributed by atoms with Gasteiger partial charge >= 0.3 is 12.1 Å². The van der Waals surface area contributed by atoms with Gasteiger partial charge in [-0.05, 0) is 38.5 Å². The topological polar surface area (TPSA) is 79.1 Å². The van der Waals surface area contributed by atoms with Gasteiger partial charge < -0.3 is 9.47 Å². The number of halogens is 3. The molecule has 0 radical (unpaired) electrons. The molecule has 3 aromatic heterocycles. The van der Waals surface area contributed by atoms with E-state index in [-0.39, 0.29) is 18.2 Å². The predicted molar refractivity (Wildman–Crippen MR) is 97.8 cm³/mol. The van der Waals surface area contributed by atoms with Gasteiger partial charge in [0, 0.05) is 23.7 Å². The number of rotatable bonds is 6. The monoisotopic (exact) mass is 408 g/mol. The van der Waals surface area contributed by atoms with Crippen LogP contribution in [0.15, 0.2) is 24.5 Å². The van der Waals surface area contributed by atoms with Crippen LogP contribution in [0.2, 0.25) is 0 Å². The highest BCUT2D eigenvalue weighted by Gasteiger charge is 2.29. The average molecular weight is 408 g/mol. The molecule has 0 aliphatic heterocycles. The Bertz CT molecular complexity index is 1050. The quantitative estimate of drug-likeness (QED) is 0.580. The van der Waals surface area contributed by atoms with Crippen molar-refractivity contribution in [3.05, 3.63) is 47.0 Å². The number of fused-ring (bicyclic) bond motifs is 1. The fraction of sp³-hybridized carbons (Fsp3) is 0.368. The lowest BCUT2D eigenvalue weighted by molar-refractivity contribution is -0.154. The van der Waals surface area contributed by atoms with Gasteiger partial charge in [0.15, 0.2) is 12.3 Å². The number of carbonyl (C=O) groups is 1. The Morgan fingerprint density at radius 1 is 1.24 bits per heavy atom. The zero-order valence-electron chi connectivity index (χ0n) is 16.1. The van der Waals surface area contributed by atoms with E-state index >= 15 is 0 Å². The molecule has 3 aromatic rings. The summed E-state index contributed by atoms with van der Waals surface area (Å²) >= 11 is 0. The molecular weight excluding hydrogens is 389 g/mol. The van der Waals surface area contributed by atoms with E-state index in [4.69, 9.17) is 9.47 Å². The molecule has 0 unspecified atom stereocenters. The van der Waals surface area contributed by atoms with Gasteiger partial charge in [0.25, 0.3) is 0 Å². The molecule has 7 nitrogen and oxygen atoms in total. The van der Waals surface area contributed by atoms with E-state index in [9.17, 15) is 18.0 Å². The van der Waals surface area contributed by atoms with Crippen LogP contribution >= 0.6 is 0 Å². The molecule has 3 heterocycles. The van der Waals surface area contributed by atoms with Crippen LogP contribution in [0.4, 0.5) is 13.2 Å². The maximum absolute atomic E-state index is 12.3. The number of hydrogen-bond donors (Lipinski definition) is 0. The lowest BCUT2D eigenvalue weighted by Crippen LogP contribution is -2.20. The number of ether oxygens (including phenoxy) is 2. The second kappa shape index (κ2) is 8.06. The van der Waals surface area contributed by atoms with E-state index in [1.54, 1.807) is 43.8 Å². The van der Waals surface area contributed by atoms with Crippen molar-refractivity contribution in [1.82, 2.24) is 19.7 Å². The van der Waals surface area contributed by atoms with Crippen LogP contribution in [0.3, 0.4) is 0 Å². The molecule has 154 valence electrons. The Kier molecular flexibility index (Phi) is 5.71. The lowest BCUT2D eigenvalue weighted by Gasteiger charge is -2.11. The van der Waals surface area contributed by atoms with Gasteiger partial charge in [0.1, 0.15) is 0 Å². The number of hydrogen-bond acceptors (Lipinski definition) is 6. The minimum Gasteiger partial charge on any atom is -0.468 e. The molecule has 0 fully saturated rings. The van der Waals surface area contributed by atoms with Crippen molar-refractivity contribution in [3.63, 3.8) is 0 Å². The normalized spacial score (nSPS) is 11.7. The van der Waals surface area contributed by atoms with Gasteiger partial charge in [-0.25, -0.2) is 14.8 Å². The fourth-order valence-corrected chi connectivity index (χ4v) is 2.82. The van der Waals surface area contributed by atoms with Crippen LogP contribution < -0.4 is 4.74 Å². The third-order valence-electron chi connectivity index (χ3n) is 3.95. The summed E-state index contributed by atoms with van der Waals surface area (Å²) in [5.41, 5.74) is 2.62. The second-order valence-corrected chi connectivity index (χ2v) is 6.46. The standard InChI is InChI=1S/C19H19F3N4O3/c1-4-28-18(27)16-14-9-26(25-15(14)6-12(3)24-16)8-13-5-11(2)17(23-7-13)29-10-19(20,21)22/h5-7,9H,4,8,10H2,1-3H3. The average Bonchev–Trinajstić information content (AvgIpc) is 3.01. The highest BCUT2D eigenvalue weighted by molar-refractivity contribution is 6.01. The zero-order chi connectivity index (χ0) is 21.2. The van der Waals surface area contributed by atoms with Crippen LogP contribution in [0.5, 0.6) is 5.88 Å². The first-order valence-electron chi connectivity index (χ1n) is 8.83. The molecule has 0 atom stereocenters. The fourth-order valence-electron chi connectivity index (χ4n) is 2.82. The van der Waals surface area contributed by atoms with Crippen molar-refractivity contribution < 1.29 is 27.4 Å². The smallest absolute Gasteiger partial charge is 0.422 e. The first-order valence-corrected chi connectivity index (χ1v) is 8.83. The molecule has 0 N–H and O–H groups in total. The largest absolute Gasteiger partial charge is 0.468 e. The van der Waals surface area contributed by atoms with E-state index in [1.807, 2.05) is 0 Å². The van der Waals surface area contributed by atoms with Crippen LogP contribution in [0.1, 0.15) is 34.2 Å². The Morgan fingerprint density at radius 2 is 2.00 bits per heavy atom. The van der Waals surface area contributed by atoms with Crippen molar-refractivity contribution >= 4 is 16.9 Å². The van der Waals surface area contributed by atoms with Crippen molar-refractivity contribution in [2.24, 2.45) is 0 Å². The molecule has 0 aromatic carbocycles. The third-order valence-corrected chi connectivity index (χ3v) is 3.95. The molecule has 0 bridgehead atoms. The first kappa shape index (κ1) is 20.6. The Balaban J connectivity index is 1.84. The van der Waals surface area contributed by atoms with E-state index in [0.717, 1.165) is 5.56 Å². The number of esters is 1. The van der Waals surface area contributed by atoms with E-state index in [2.05, 4.69) is 15.1 Å². The maximum Gasteiger partial charge on any atom is 0.422 e. The van der Waals surface area contributed by atoms with E-state index in [0.29, 0.717) is 28.7 Å².